The number of sulfonamides is 3. The zero-order valence-electron chi connectivity index (χ0n) is 52.6. The number of amides is 4. The van der Waals surface area contributed by atoms with Crippen LogP contribution < -0.4 is 27.0 Å². The number of carbonyl (C=O) groups excluding carboxylic acids is 6. The van der Waals surface area contributed by atoms with E-state index in [1.54, 1.807) is 90.2 Å². The van der Waals surface area contributed by atoms with Crippen LogP contribution in [0.2, 0.25) is 15.1 Å². The van der Waals surface area contributed by atoms with Crippen LogP contribution in [-0.4, -0.2) is 165 Å². The zero-order chi connectivity index (χ0) is 69.5. The number of anilines is 2. The summed E-state index contributed by atoms with van der Waals surface area (Å²) < 4.78 is 108. The number of thiophene rings is 3. The number of carbonyl (C=O) groups is 4. The van der Waals surface area contributed by atoms with E-state index in [-0.39, 0.29) is 96.4 Å². The Kier molecular flexibility index (Phi) is 25.9. The number of alkyl carbamates (subject to hydrolysis) is 2. The molecule has 5 aromatic heterocycles. The highest BCUT2D eigenvalue weighted by atomic mass is 35.5. The molecule has 532 valence electrons. The van der Waals surface area contributed by atoms with E-state index in [0.29, 0.717) is 42.6 Å². The van der Waals surface area contributed by atoms with Gasteiger partial charge in [-0.15, -0.1) is 34.0 Å². The van der Waals surface area contributed by atoms with E-state index in [9.17, 15) is 44.4 Å². The number of fused-ring (bicyclic) bond motifs is 3. The SMILES string of the molecule is C.C.CN1C(NC(=O)OC(C)(C)C)=N[C@@]2(c3sccc3Cl)CCOC2S1(=O)=O.Cc1cccc(NC(=O)c2cc(Cl)c([C@]34CCOC3S(=O)(=O)N(C)C(N)=N4)s2)n1.Cc1cccc(NC(=O)c2cc(Cl)c([C@]34CCOC3S(=O)(=O)N(C)C(NC(=O)OC(C)(C)C)=N4)s2)n1.O=C=O.P. The monoisotopic (exact) mass is 1540 g/mol. The van der Waals surface area contributed by atoms with Crippen LogP contribution in [0.1, 0.15) is 121 Å². The lowest BCUT2D eigenvalue weighted by Gasteiger charge is -2.38. The van der Waals surface area contributed by atoms with Crippen molar-refractivity contribution in [2.24, 2.45) is 20.7 Å². The zero-order valence-corrected chi connectivity index (χ0v) is 61.2. The molecule has 0 radical (unpaired) electrons. The maximum Gasteiger partial charge on any atom is 0.414 e. The van der Waals surface area contributed by atoms with Gasteiger partial charge in [0.05, 0.1) is 59.3 Å². The van der Waals surface area contributed by atoms with Gasteiger partial charge in [-0.05, 0) is 103 Å². The topological polar surface area (TPSA) is 398 Å². The van der Waals surface area contributed by atoms with E-state index in [1.165, 1.54) is 44.6 Å². The molecule has 6 N–H and O–H groups in total. The van der Waals surface area contributed by atoms with Crippen molar-refractivity contribution in [2.75, 3.05) is 51.6 Å². The van der Waals surface area contributed by atoms with Crippen molar-refractivity contribution >= 4 is 168 Å². The van der Waals surface area contributed by atoms with Gasteiger partial charge in [-0.1, -0.05) is 61.8 Å². The smallest absolute Gasteiger partial charge is 0.414 e. The van der Waals surface area contributed by atoms with Crippen molar-refractivity contribution in [3.8, 4) is 0 Å². The number of guanidine groups is 3. The Balaban J connectivity index is 0.000000257. The van der Waals surface area contributed by atoms with Crippen molar-refractivity contribution in [1.29, 1.82) is 0 Å². The van der Waals surface area contributed by atoms with Gasteiger partial charge in [0.1, 0.15) is 39.5 Å². The van der Waals surface area contributed by atoms with Gasteiger partial charge in [-0.2, -0.15) is 19.5 Å². The number of pyridine rings is 2. The van der Waals surface area contributed by atoms with Gasteiger partial charge in [0.2, 0.25) is 34.2 Å². The average Bonchev–Trinajstić information content (AvgIpc) is 1.64. The van der Waals surface area contributed by atoms with Gasteiger partial charge in [0.15, 0.2) is 0 Å². The van der Waals surface area contributed by atoms with Gasteiger partial charge in [-0.25, -0.2) is 72.7 Å². The number of nitrogens with zero attached hydrogens (tertiary/aromatic N) is 8. The lowest BCUT2D eigenvalue weighted by atomic mass is 9.97. The summed E-state index contributed by atoms with van der Waals surface area (Å²) in [6.45, 7) is 14.3. The number of hydrogen-bond donors (Lipinski definition) is 5. The molecular formula is C57H75Cl3N13O17PS6. The molecule has 4 unspecified atom stereocenters. The normalized spacial score (nSPS) is 23.6. The van der Waals surface area contributed by atoms with E-state index in [2.05, 4.69) is 46.2 Å². The molecule has 0 aromatic carbocycles. The number of aromatic nitrogens is 2. The summed E-state index contributed by atoms with van der Waals surface area (Å²) in [5.41, 5.74) is -1.93. The van der Waals surface area contributed by atoms with E-state index in [4.69, 9.17) is 73.8 Å². The van der Waals surface area contributed by atoms with E-state index < -0.39 is 98.2 Å². The van der Waals surface area contributed by atoms with Gasteiger partial charge >= 0.3 is 18.3 Å². The standard InChI is InChI=1S/C22H26ClN5O6S2.C17H18ClN5O4S2.C15H20ClN3O5S2.CO2.2CH4.H3P/c1-12-7-6-8-15(24-12)25-17(29)14-11-13(23)16(35-14)22-9-10-33-18(22)36(31,32)28(5)19(27-22)26-20(30)34-21(2,3)4;1-9-4-3-5-12(20-9)21-14(24)11-8-10(18)13(28-11)17-6-7-27-15(17)29(25,26)23(2)16(19)22-17;1-14(2,3)24-13(20)17-12-18-15(10-9(16)5-8-25-10)6-7-23-11(15)26(21,22)19(12)4;2-1-3;;;/h6-8,11,18H,9-10H2,1-5H3,(H,24,25,29)(H,26,27,30);3-5,8,15H,6-7H2,1-2H3,(H2,19,22)(H,20,21,24);5,8,11H,6-7H2,1-4H3,(H,17,18,20);;2*1H4;1H3/t18?,22-;15?,17-;11?,15-;;;;/m111..../s1. The van der Waals surface area contributed by atoms with Crippen LogP contribution in [0.25, 0.3) is 0 Å². The number of nitrogens with one attached hydrogen (secondary N) is 4. The highest BCUT2D eigenvalue weighted by Crippen LogP contribution is 2.53. The van der Waals surface area contributed by atoms with Gasteiger partial charge < -0.3 is 40.1 Å². The molecule has 30 nitrogen and oxygen atoms in total. The highest BCUT2D eigenvalue weighted by molar-refractivity contribution is 7.90. The van der Waals surface area contributed by atoms with Crippen LogP contribution in [0.4, 0.5) is 21.2 Å². The van der Waals surface area contributed by atoms with Crippen LogP contribution in [0.5, 0.6) is 0 Å². The maximum absolute atomic E-state index is 13.4. The number of ether oxygens (including phenoxy) is 5. The number of nitrogens with two attached hydrogens (primary N) is 1. The predicted molar refractivity (Wildman–Crippen MR) is 375 cm³/mol. The third-order valence-electron chi connectivity index (χ3n) is 14.3. The largest absolute Gasteiger partial charge is 0.444 e. The molecule has 5 aromatic rings. The first kappa shape index (κ1) is 81.2. The fraction of sp³-hybridized carbons (Fsp3) is 0.474. The number of hydrogen-bond acceptors (Lipinski definition) is 26. The molecule has 0 saturated carbocycles. The Morgan fingerprint density at radius 2 is 0.938 bits per heavy atom. The second-order valence-electron chi connectivity index (χ2n) is 23.3. The van der Waals surface area contributed by atoms with Crippen LogP contribution >= 0.6 is 78.7 Å². The minimum atomic E-state index is -4.12. The summed E-state index contributed by atoms with van der Waals surface area (Å²) in [6.07, 6.45) is -0.608. The summed E-state index contributed by atoms with van der Waals surface area (Å²) in [5.74, 6) is -0.576. The molecule has 0 spiro atoms. The minimum absolute atomic E-state index is 0. The van der Waals surface area contributed by atoms with Crippen molar-refractivity contribution < 1.29 is 77.7 Å². The molecule has 3 fully saturated rings. The van der Waals surface area contributed by atoms with Gasteiger partial charge in [0, 0.05) is 51.8 Å². The van der Waals surface area contributed by atoms with Crippen LogP contribution in [0, 0.1) is 13.8 Å². The molecule has 11 heterocycles. The first-order valence-corrected chi connectivity index (χ1v) is 36.1. The highest BCUT2D eigenvalue weighted by Gasteiger charge is 2.62. The van der Waals surface area contributed by atoms with Crippen molar-refractivity contribution in [1.82, 2.24) is 33.5 Å². The number of halogens is 3. The fourth-order valence-electron chi connectivity index (χ4n) is 10.2. The lowest BCUT2D eigenvalue weighted by molar-refractivity contribution is -0.191. The first-order chi connectivity index (χ1) is 43.8. The third kappa shape index (κ3) is 16.9. The Morgan fingerprint density at radius 3 is 1.28 bits per heavy atom. The Bertz CT molecular complexity index is 4290. The van der Waals surface area contributed by atoms with Gasteiger partial charge in [0.25, 0.3) is 41.9 Å². The summed E-state index contributed by atoms with van der Waals surface area (Å²) in [4.78, 5) is 90.5. The Hall–Kier alpha value is -6.50. The third-order valence-corrected chi connectivity index (χ3v) is 25.3. The van der Waals surface area contributed by atoms with Crippen LogP contribution in [-0.2, 0) is 80.0 Å². The molecule has 40 heteroatoms. The average molecular weight is 1540 g/mol. The Morgan fingerprint density at radius 1 is 0.588 bits per heavy atom. The Labute approximate surface area is 592 Å². The minimum Gasteiger partial charge on any atom is -0.444 e. The molecule has 4 amide bonds. The second kappa shape index (κ2) is 30.9. The molecular weight excluding hydrogens is 1470 g/mol. The predicted octanol–water partition coefficient (Wildman–Crippen LogP) is 8.59. The molecule has 7 atom stereocenters. The van der Waals surface area contributed by atoms with E-state index in [1.807, 2.05) is 13.0 Å². The number of aliphatic imine (C=N–C) groups is 3. The molecule has 0 bridgehead atoms. The summed E-state index contributed by atoms with van der Waals surface area (Å²) in [5, 5.41) is 12.9. The summed E-state index contributed by atoms with van der Waals surface area (Å²) in [7, 11) is -8.02. The first-order valence-electron chi connectivity index (χ1n) is 27.9. The van der Waals surface area contributed by atoms with Crippen molar-refractivity contribution in [3.63, 3.8) is 0 Å². The summed E-state index contributed by atoms with van der Waals surface area (Å²) >= 11 is 22.6. The number of rotatable bonds is 7. The van der Waals surface area contributed by atoms with Crippen LogP contribution in [0.3, 0.4) is 0 Å². The second-order valence-corrected chi connectivity index (χ2v) is 33.5. The van der Waals surface area contributed by atoms with Crippen molar-refractivity contribution in [2.45, 2.75) is 134 Å². The maximum atomic E-state index is 13.4. The van der Waals surface area contributed by atoms with Crippen molar-refractivity contribution in [3.05, 3.63) is 111 Å². The quantitative estimate of drug-likeness (QED) is 0.0952. The molecule has 6 aliphatic rings. The number of aryl methyl sites for hydroxylation is 2. The van der Waals surface area contributed by atoms with E-state index in [0.717, 1.165) is 47.0 Å². The fourth-order valence-corrected chi connectivity index (χ4v) is 20.0. The molecule has 6 aliphatic heterocycles. The summed E-state index contributed by atoms with van der Waals surface area (Å²) in [6, 6.07) is 15.1. The lowest BCUT2D eigenvalue weighted by Crippen LogP contribution is -2.57. The molecule has 3 saturated heterocycles. The van der Waals surface area contributed by atoms with Gasteiger partial charge in [-0.3, -0.25) is 20.2 Å². The molecule has 0 aliphatic carbocycles. The molecule has 97 heavy (non-hydrogen) atoms. The van der Waals surface area contributed by atoms with E-state index >= 15 is 0 Å². The van der Waals surface area contributed by atoms with Crippen LogP contribution in [0.15, 0.2) is 75.0 Å². The molecule has 11 rings (SSSR count).